The maximum atomic E-state index is 12.6. The number of imidazole rings is 1. The van der Waals surface area contributed by atoms with E-state index >= 15 is 0 Å². The topological polar surface area (TPSA) is 20.7 Å². The van der Waals surface area contributed by atoms with E-state index in [0.717, 1.165) is 4.57 Å². The Morgan fingerprint density at radius 2 is 2.08 bits per heavy atom. The molecular weight excluding hydrogens is 201 g/mol. The van der Waals surface area contributed by atoms with Crippen molar-refractivity contribution in [2.24, 2.45) is 0 Å². The van der Waals surface area contributed by atoms with Gasteiger partial charge in [0, 0.05) is 12.4 Å². The van der Waals surface area contributed by atoms with Crippen molar-refractivity contribution in [2.75, 3.05) is 0 Å². The van der Waals surface area contributed by atoms with Crippen LogP contribution in [0.2, 0.25) is 0 Å². The largest absolute Gasteiger partial charge is 0.412 e. The van der Waals surface area contributed by atoms with Crippen LogP contribution < -0.4 is 0 Å². The summed E-state index contributed by atoms with van der Waals surface area (Å²) < 4.78 is 38.9. The maximum absolute atomic E-state index is 12.6. The molecule has 2 rings (SSSR count). The van der Waals surface area contributed by atoms with Gasteiger partial charge in [-0.05, 0) is 25.1 Å². The molecule has 0 atom stereocenters. The number of hydrogen-bond acceptors (Lipinski definition) is 1. The Balaban J connectivity index is 2.48. The van der Waals surface area contributed by atoms with Crippen molar-refractivity contribution in [1.82, 2.24) is 9.55 Å². The average molecular weight is 208 g/mol. The van der Waals surface area contributed by atoms with Crippen LogP contribution in [0.3, 0.4) is 0 Å². The van der Waals surface area contributed by atoms with Crippen LogP contribution in [-0.4, -0.2) is 15.7 Å². The van der Waals surface area contributed by atoms with E-state index in [1.165, 1.54) is 12.4 Å². The number of H-pyrrole nitrogens is 1. The second-order valence-electron chi connectivity index (χ2n) is 3.16. The van der Waals surface area contributed by atoms with E-state index in [0.29, 0.717) is 0 Å². The SMILES string of the molecule is FC(F)(F)C1(n2cc[nH]c2=S)CC1. The van der Waals surface area contributed by atoms with Crippen molar-refractivity contribution >= 4 is 12.2 Å². The molecule has 1 aromatic heterocycles. The third kappa shape index (κ3) is 1.12. The lowest BCUT2D eigenvalue weighted by atomic mass is 10.2. The van der Waals surface area contributed by atoms with Crippen LogP contribution in [0.15, 0.2) is 12.4 Å². The zero-order valence-electron chi connectivity index (χ0n) is 6.56. The fourth-order valence-corrected chi connectivity index (χ4v) is 1.74. The van der Waals surface area contributed by atoms with Crippen molar-refractivity contribution in [3.63, 3.8) is 0 Å². The highest BCUT2D eigenvalue weighted by Gasteiger charge is 2.65. The first-order valence-electron chi connectivity index (χ1n) is 3.81. The van der Waals surface area contributed by atoms with Gasteiger partial charge in [-0.1, -0.05) is 0 Å². The lowest BCUT2D eigenvalue weighted by Crippen LogP contribution is -2.34. The van der Waals surface area contributed by atoms with Gasteiger partial charge in [0.15, 0.2) is 4.77 Å². The van der Waals surface area contributed by atoms with Crippen LogP contribution in [0.25, 0.3) is 0 Å². The number of nitrogens with zero attached hydrogens (tertiary/aromatic N) is 1. The minimum absolute atomic E-state index is 0.128. The number of rotatable bonds is 1. The lowest BCUT2D eigenvalue weighted by molar-refractivity contribution is -0.180. The van der Waals surface area contributed by atoms with E-state index in [9.17, 15) is 13.2 Å². The molecule has 1 aliphatic carbocycles. The van der Waals surface area contributed by atoms with Crippen molar-refractivity contribution < 1.29 is 13.2 Å². The number of halogens is 3. The van der Waals surface area contributed by atoms with E-state index in [4.69, 9.17) is 12.2 Å². The molecular formula is C7H7F3N2S. The summed E-state index contributed by atoms with van der Waals surface area (Å²) in [6.45, 7) is 0. The van der Waals surface area contributed by atoms with Gasteiger partial charge in [0.05, 0.1) is 0 Å². The number of nitrogens with one attached hydrogen (secondary N) is 1. The molecule has 0 saturated heterocycles. The fourth-order valence-electron chi connectivity index (χ4n) is 1.44. The van der Waals surface area contributed by atoms with E-state index in [-0.39, 0.29) is 17.6 Å². The molecule has 0 aliphatic heterocycles. The van der Waals surface area contributed by atoms with Gasteiger partial charge in [0.1, 0.15) is 5.54 Å². The molecule has 2 nitrogen and oxygen atoms in total. The Bertz CT molecular complexity index is 372. The van der Waals surface area contributed by atoms with Gasteiger partial charge < -0.3 is 9.55 Å². The second kappa shape index (κ2) is 2.37. The molecule has 1 heterocycles. The number of aromatic nitrogens is 2. The average Bonchev–Trinajstić information content (AvgIpc) is 2.70. The smallest absolute Gasteiger partial charge is 0.337 e. The van der Waals surface area contributed by atoms with Crippen molar-refractivity contribution in [1.29, 1.82) is 0 Å². The highest BCUT2D eigenvalue weighted by atomic mass is 32.1. The molecule has 0 spiro atoms. The van der Waals surface area contributed by atoms with E-state index in [2.05, 4.69) is 4.98 Å². The molecule has 1 aliphatic rings. The van der Waals surface area contributed by atoms with Crippen LogP contribution in [0.1, 0.15) is 12.8 Å². The first-order chi connectivity index (χ1) is 5.97. The maximum Gasteiger partial charge on any atom is 0.412 e. The third-order valence-electron chi connectivity index (χ3n) is 2.36. The molecule has 1 fully saturated rings. The molecule has 6 heteroatoms. The zero-order valence-corrected chi connectivity index (χ0v) is 7.37. The first-order valence-corrected chi connectivity index (χ1v) is 4.21. The fraction of sp³-hybridized carbons (Fsp3) is 0.571. The van der Waals surface area contributed by atoms with Gasteiger partial charge in [0.2, 0.25) is 0 Å². The standard InChI is InChI=1S/C7H7F3N2S/c8-7(9,10)6(1-2-6)12-4-3-11-5(12)13/h3-4H,1-2H2,(H,11,13). The minimum atomic E-state index is -4.20. The summed E-state index contributed by atoms with van der Waals surface area (Å²) in [7, 11) is 0. The molecule has 0 amide bonds. The Kier molecular flexibility index (Phi) is 1.61. The molecule has 72 valence electrons. The van der Waals surface area contributed by atoms with Crippen molar-refractivity contribution in [3.05, 3.63) is 17.2 Å². The summed E-state index contributed by atoms with van der Waals surface area (Å²) in [5.74, 6) is 0. The molecule has 0 unspecified atom stereocenters. The summed E-state index contributed by atoms with van der Waals surface area (Å²) in [5.41, 5.74) is -1.72. The Labute approximate surface area is 77.4 Å². The molecule has 0 aromatic carbocycles. The summed E-state index contributed by atoms with van der Waals surface area (Å²) in [6.07, 6.45) is -1.17. The van der Waals surface area contributed by atoms with Crippen LogP contribution in [-0.2, 0) is 5.54 Å². The number of aromatic amines is 1. The Hall–Kier alpha value is -0.780. The molecule has 13 heavy (non-hydrogen) atoms. The van der Waals surface area contributed by atoms with Crippen LogP contribution >= 0.6 is 12.2 Å². The van der Waals surface area contributed by atoms with E-state index in [1.807, 2.05) is 0 Å². The summed E-state index contributed by atoms with van der Waals surface area (Å²) in [5, 5.41) is 0. The molecule has 1 saturated carbocycles. The van der Waals surface area contributed by atoms with Gasteiger partial charge in [-0.3, -0.25) is 0 Å². The highest BCUT2D eigenvalue weighted by Crippen LogP contribution is 2.55. The predicted molar refractivity (Wildman–Crippen MR) is 42.9 cm³/mol. The molecule has 0 bridgehead atoms. The highest BCUT2D eigenvalue weighted by molar-refractivity contribution is 7.71. The lowest BCUT2D eigenvalue weighted by Gasteiger charge is -2.20. The third-order valence-corrected chi connectivity index (χ3v) is 2.68. The summed E-state index contributed by atoms with van der Waals surface area (Å²) >= 11 is 4.75. The van der Waals surface area contributed by atoms with Crippen molar-refractivity contribution in [3.8, 4) is 0 Å². The molecule has 1 aromatic rings. The quantitative estimate of drug-likeness (QED) is 0.703. The van der Waals surface area contributed by atoms with Crippen LogP contribution in [0.4, 0.5) is 13.2 Å². The second-order valence-corrected chi connectivity index (χ2v) is 3.55. The number of hydrogen-bond donors (Lipinski definition) is 1. The molecule has 0 radical (unpaired) electrons. The zero-order chi connectivity index (χ0) is 9.69. The van der Waals surface area contributed by atoms with Gasteiger partial charge in [-0.15, -0.1) is 0 Å². The van der Waals surface area contributed by atoms with Crippen LogP contribution in [0, 0.1) is 4.77 Å². The minimum Gasteiger partial charge on any atom is -0.337 e. The van der Waals surface area contributed by atoms with Crippen LogP contribution in [0.5, 0.6) is 0 Å². The van der Waals surface area contributed by atoms with Crippen molar-refractivity contribution in [2.45, 2.75) is 24.6 Å². The van der Waals surface area contributed by atoms with E-state index < -0.39 is 11.7 Å². The number of alkyl halides is 3. The Morgan fingerprint density at radius 3 is 2.38 bits per heavy atom. The Morgan fingerprint density at radius 1 is 1.46 bits per heavy atom. The van der Waals surface area contributed by atoms with Gasteiger partial charge in [-0.25, -0.2) is 0 Å². The predicted octanol–water partition coefficient (Wildman–Crippen LogP) is 2.60. The first kappa shape index (κ1) is 8.80. The summed E-state index contributed by atoms with van der Waals surface area (Å²) in [4.78, 5) is 2.56. The normalized spacial score (nSPS) is 20.2. The van der Waals surface area contributed by atoms with Gasteiger partial charge in [-0.2, -0.15) is 13.2 Å². The van der Waals surface area contributed by atoms with Gasteiger partial charge in [0.25, 0.3) is 0 Å². The van der Waals surface area contributed by atoms with E-state index in [1.54, 1.807) is 0 Å². The summed E-state index contributed by atoms with van der Waals surface area (Å²) in [6, 6.07) is 0. The van der Waals surface area contributed by atoms with Gasteiger partial charge >= 0.3 is 6.18 Å². The monoisotopic (exact) mass is 208 g/mol. The molecule has 1 N–H and O–H groups in total.